The molecule has 0 spiro atoms. The lowest BCUT2D eigenvalue weighted by atomic mass is 9.77. The van der Waals surface area contributed by atoms with Gasteiger partial charge in [-0.15, -0.1) is 0 Å². The van der Waals surface area contributed by atoms with Crippen LogP contribution in [-0.2, 0) is 0 Å². The Bertz CT molecular complexity index is 554. The Labute approximate surface area is 120 Å². The summed E-state index contributed by atoms with van der Waals surface area (Å²) in [5.41, 5.74) is 2.44. The maximum absolute atomic E-state index is 4.47. The molecule has 0 aromatic carbocycles. The Morgan fingerprint density at radius 2 is 2.10 bits per heavy atom. The van der Waals surface area contributed by atoms with Gasteiger partial charge in [0.05, 0.1) is 17.9 Å². The largest absolute Gasteiger partial charge is 0.310 e. The van der Waals surface area contributed by atoms with Crippen molar-refractivity contribution in [2.24, 2.45) is 11.8 Å². The van der Waals surface area contributed by atoms with Crippen molar-refractivity contribution in [2.45, 2.75) is 45.6 Å². The summed E-state index contributed by atoms with van der Waals surface area (Å²) in [6, 6.07) is 0.411. The summed E-state index contributed by atoms with van der Waals surface area (Å²) in [4.78, 5) is 4.26. The second kappa shape index (κ2) is 5.92. The van der Waals surface area contributed by atoms with Gasteiger partial charge < -0.3 is 5.32 Å². The van der Waals surface area contributed by atoms with Gasteiger partial charge in [0.25, 0.3) is 0 Å². The van der Waals surface area contributed by atoms with Crippen molar-refractivity contribution in [1.29, 1.82) is 0 Å². The van der Waals surface area contributed by atoms with Crippen molar-refractivity contribution in [2.75, 3.05) is 6.54 Å². The van der Waals surface area contributed by atoms with Crippen LogP contribution in [0.15, 0.2) is 24.8 Å². The summed E-state index contributed by atoms with van der Waals surface area (Å²) in [6.07, 6.45) is 13.0. The fourth-order valence-electron chi connectivity index (χ4n) is 3.46. The summed E-state index contributed by atoms with van der Waals surface area (Å²) in [7, 11) is 0. The highest BCUT2D eigenvalue weighted by molar-refractivity contribution is 5.53. The van der Waals surface area contributed by atoms with Crippen LogP contribution in [0, 0.1) is 11.8 Å². The first-order valence-electron chi connectivity index (χ1n) is 7.80. The predicted octanol–water partition coefficient (Wildman–Crippen LogP) is 3.21. The first kappa shape index (κ1) is 13.6. The van der Waals surface area contributed by atoms with Crippen LogP contribution in [-0.4, -0.2) is 21.1 Å². The molecule has 1 saturated carbocycles. The van der Waals surface area contributed by atoms with Gasteiger partial charge in [-0.1, -0.05) is 26.7 Å². The van der Waals surface area contributed by atoms with Crippen LogP contribution in [0.1, 0.15) is 51.1 Å². The van der Waals surface area contributed by atoms with Crippen LogP contribution in [0.25, 0.3) is 5.52 Å². The average Bonchev–Trinajstić information content (AvgIpc) is 2.90. The normalized spacial score (nSPS) is 24.9. The monoisotopic (exact) mass is 272 g/mol. The van der Waals surface area contributed by atoms with E-state index in [-0.39, 0.29) is 0 Å². The first-order chi connectivity index (χ1) is 9.79. The number of hydrogen-bond acceptors (Lipinski definition) is 3. The number of rotatable bonds is 4. The molecule has 2 aromatic heterocycles. The van der Waals surface area contributed by atoms with Crippen molar-refractivity contribution < 1.29 is 0 Å². The van der Waals surface area contributed by atoms with Gasteiger partial charge in [-0.25, -0.2) is 4.52 Å². The molecule has 1 N–H and O–H groups in total. The molecule has 2 heterocycles. The molecule has 1 aliphatic carbocycles. The summed E-state index contributed by atoms with van der Waals surface area (Å²) < 4.78 is 1.93. The van der Waals surface area contributed by atoms with Crippen molar-refractivity contribution in [3.63, 3.8) is 0 Å². The van der Waals surface area contributed by atoms with Crippen LogP contribution in [0.2, 0.25) is 0 Å². The van der Waals surface area contributed by atoms with Crippen molar-refractivity contribution >= 4 is 5.52 Å². The zero-order valence-electron chi connectivity index (χ0n) is 12.4. The van der Waals surface area contributed by atoms with E-state index < -0.39 is 0 Å². The van der Waals surface area contributed by atoms with Gasteiger partial charge in [-0.05, 0) is 31.2 Å². The van der Waals surface area contributed by atoms with E-state index in [0.29, 0.717) is 6.04 Å². The molecule has 1 aliphatic rings. The van der Waals surface area contributed by atoms with E-state index in [2.05, 4.69) is 29.2 Å². The molecular formula is C16H24N4. The molecular weight excluding hydrogens is 248 g/mol. The molecule has 0 bridgehead atoms. The maximum Gasteiger partial charge on any atom is 0.0892 e. The number of nitrogens with one attached hydrogen (secondary N) is 1. The second-order valence-electron chi connectivity index (χ2n) is 6.06. The topological polar surface area (TPSA) is 42.2 Å². The number of hydrogen-bond donors (Lipinski definition) is 1. The van der Waals surface area contributed by atoms with Crippen LogP contribution in [0.3, 0.4) is 0 Å². The minimum atomic E-state index is 0.411. The quantitative estimate of drug-likeness (QED) is 0.929. The van der Waals surface area contributed by atoms with Crippen molar-refractivity contribution in [3.05, 3.63) is 30.4 Å². The third-order valence-corrected chi connectivity index (χ3v) is 4.65. The van der Waals surface area contributed by atoms with E-state index in [0.717, 1.165) is 23.9 Å². The van der Waals surface area contributed by atoms with Crippen LogP contribution >= 0.6 is 0 Å². The lowest BCUT2D eigenvalue weighted by Gasteiger charge is -2.33. The molecule has 1 fully saturated rings. The zero-order chi connectivity index (χ0) is 13.9. The molecule has 1 unspecified atom stereocenters. The van der Waals surface area contributed by atoms with Crippen molar-refractivity contribution in [1.82, 2.24) is 19.9 Å². The highest BCUT2D eigenvalue weighted by atomic mass is 15.2. The maximum atomic E-state index is 4.47. The standard InChI is InChI=1S/C16H24N4/c1-3-18-16(13-6-4-12(2)5-7-13)14-10-19-20-9-8-17-11-15(14)20/h8-13,16,18H,3-7H2,1-2H3. The van der Waals surface area contributed by atoms with Gasteiger partial charge in [0.2, 0.25) is 0 Å². The number of fused-ring (bicyclic) bond motifs is 1. The molecule has 0 saturated heterocycles. The van der Waals surface area contributed by atoms with Gasteiger partial charge in [0.1, 0.15) is 0 Å². The molecule has 2 aromatic rings. The molecule has 0 radical (unpaired) electrons. The molecule has 0 aliphatic heterocycles. The highest BCUT2D eigenvalue weighted by Crippen LogP contribution is 2.37. The van der Waals surface area contributed by atoms with Crippen LogP contribution in [0.4, 0.5) is 0 Å². The Hall–Kier alpha value is -1.42. The summed E-state index contributed by atoms with van der Waals surface area (Å²) >= 11 is 0. The zero-order valence-corrected chi connectivity index (χ0v) is 12.4. The minimum Gasteiger partial charge on any atom is -0.310 e. The summed E-state index contributed by atoms with van der Waals surface area (Å²) in [5.74, 6) is 1.61. The van der Waals surface area contributed by atoms with Gasteiger partial charge in [-0.2, -0.15) is 5.10 Å². The fourth-order valence-corrected chi connectivity index (χ4v) is 3.46. The van der Waals surface area contributed by atoms with E-state index in [1.54, 1.807) is 6.20 Å². The Balaban J connectivity index is 1.90. The van der Waals surface area contributed by atoms with E-state index in [1.165, 1.54) is 31.2 Å². The van der Waals surface area contributed by atoms with Gasteiger partial charge in [-0.3, -0.25) is 4.98 Å². The van der Waals surface area contributed by atoms with E-state index in [1.807, 2.05) is 23.1 Å². The van der Waals surface area contributed by atoms with E-state index in [9.17, 15) is 0 Å². The van der Waals surface area contributed by atoms with E-state index >= 15 is 0 Å². The lowest BCUT2D eigenvalue weighted by molar-refractivity contribution is 0.234. The average molecular weight is 272 g/mol. The minimum absolute atomic E-state index is 0.411. The Kier molecular flexibility index (Phi) is 4.01. The Morgan fingerprint density at radius 3 is 2.85 bits per heavy atom. The fraction of sp³-hybridized carbons (Fsp3) is 0.625. The molecule has 4 nitrogen and oxygen atoms in total. The summed E-state index contributed by atoms with van der Waals surface area (Å²) in [6.45, 7) is 5.55. The van der Waals surface area contributed by atoms with Crippen molar-refractivity contribution in [3.8, 4) is 0 Å². The molecule has 108 valence electrons. The number of nitrogens with zero attached hydrogens (tertiary/aromatic N) is 3. The Morgan fingerprint density at radius 1 is 1.30 bits per heavy atom. The molecule has 0 amide bonds. The predicted molar refractivity (Wildman–Crippen MR) is 80.5 cm³/mol. The molecule has 3 rings (SSSR count). The van der Waals surface area contributed by atoms with Gasteiger partial charge in [0, 0.05) is 24.0 Å². The van der Waals surface area contributed by atoms with Gasteiger partial charge in [0.15, 0.2) is 0 Å². The first-order valence-corrected chi connectivity index (χ1v) is 7.80. The van der Waals surface area contributed by atoms with Gasteiger partial charge >= 0.3 is 0 Å². The second-order valence-corrected chi connectivity index (χ2v) is 6.06. The highest BCUT2D eigenvalue weighted by Gasteiger charge is 2.28. The molecule has 20 heavy (non-hydrogen) atoms. The third-order valence-electron chi connectivity index (χ3n) is 4.65. The van der Waals surface area contributed by atoms with Crippen LogP contribution < -0.4 is 5.32 Å². The summed E-state index contributed by atoms with van der Waals surface area (Å²) in [5, 5.41) is 8.15. The SMILES string of the molecule is CCNC(c1cnn2ccncc12)C1CCC(C)CC1. The third kappa shape index (κ3) is 2.57. The molecule has 1 atom stereocenters. The smallest absolute Gasteiger partial charge is 0.0892 e. The number of aromatic nitrogens is 3. The van der Waals surface area contributed by atoms with Crippen LogP contribution in [0.5, 0.6) is 0 Å². The van der Waals surface area contributed by atoms with E-state index in [4.69, 9.17) is 0 Å². The lowest BCUT2D eigenvalue weighted by Crippen LogP contribution is -2.30. The molecule has 4 heteroatoms.